The third-order valence-electron chi connectivity index (χ3n) is 7.91. The number of esters is 1. The molecule has 1 unspecified atom stereocenters. The highest BCUT2D eigenvalue weighted by atomic mass is 16.6. The van der Waals surface area contributed by atoms with Gasteiger partial charge in [0.25, 0.3) is 0 Å². The third kappa shape index (κ3) is 9.18. The van der Waals surface area contributed by atoms with Gasteiger partial charge in [-0.3, -0.25) is 14.5 Å². The average Bonchev–Trinajstić information content (AvgIpc) is 3.35. The van der Waals surface area contributed by atoms with Crippen LogP contribution in [0.15, 0.2) is 37.9 Å². The van der Waals surface area contributed by atoms with Crippen molar-refractivity contribution in [3.05, 3.63) is 52.0 Å². The van der Waals surface area contributed by atoms with Gasteiger partial charge in [0.05, 0.1) is 19.2 Å². The summed E-state index contributed by atoms with van der Waals surface area (Å²) in [6, 6.07) is 6.63. The first-order valence-electron chi connectivity index (χ1n) is 15.1. The number of aryl methyl sites for hydroxylation is 1. The van der Waals surface area contributed by atoms with Crippen LogP contribution in [0, 0.1) is 6.92 Å². The number of ketones is 1. The van der Waals surface area contributed by atoms with Crippen molar-refractivity contribution < 1.29 is 42.2 Å². The highest BCUT2D eigenvalue weighted by Gasteiger charge is 2.33. The molecule has 13 nitrogen and oxygen atoms in total. The second-order valence-electron chi connectivity index (χ2n) is 11.2. The van der Waals surface area contributed by atoms with E-state index in [1.165, 1.54) is 0 Å². The van der Waals surface area contributed by atoms with Crippen LogP contribution in [0.2, 0.25) is 0 Å². The molecule has 240 valence electrons. The van der Waals surface area contributed by atoms with Gasteiger partial charge in [-0.1, -0.05) is 19.8 Å². The van der Waals surface area contributed by atoms with Crippen molar-refractivity contribution in [3.8, 4) is 5.75 Å². The lowest BCUT2D eigenvalue weighted by Crippen LogP contribution is -2.56. The number of ether oxygens (including phenoxy) is 3. The Labute approximate surface area is 256 Å². The lowest BCUT2D eigenvalue weighted by atomic mass is 10.0. The molecule has 1 atom stereocenters. The number of unbranched alkanes of at least 4 members (excludes halogenated alkanes) is 1. The van der Waals surface area contributed by atoms with Crippen LogP contribution in [-0.4, -0.2) is 96.5 Å². The summed E-state index contributed by atoms with van der Waals surface area (Å²) < 4.78 is 25.7. The van der Waals surface area contributed by atoms with E-state index in [9.17, 15) is 24.0 Å². The van der Waals surface area contributed by atoms with Crippen molar-refractivity contribution >= 4 is 23.8 Å². The maximum atomic E-state index is 12.9. The zero-order valence-electron chi connectivity index (χ0n) is 25.6. The average molecular weight is 616 g/mol. The number of nitrogens with zero attached hydrogens (tertiary/aromatic N) is 3. The van der Waals surface area contributed by atoms with Crippen molar-refractivity contribution in [3.63, 3.8) is 0 Å². The first-order valence-corrected chi connectivity index (χ1v) is 15.1. The molecule has 3 heterocycles. The number of benzene rings is 1. The van der Waals surface area contributed by atoms with Gasteiger partial charge in [0.1, 0.15) is 5.75 Å². The van der Waals surface area contributed by atoms with Gasteiger partial charge < -0.3 is 32.8 Å². The van der Waals surface area contributed by atoms with Crippen molar-refractivity contribution in [1.29, 1.82) is 0 Å². The lowest BCUT2D eigenvalue weighted by molar-refractivity contribution is -0.151. The summed E-state index contributed by atoms with van der Waals surface area (Å²) in [5.74, 6) is -0.663. The fourth-order valence-electron chi connectivity index (χ4n) is 5.30. The van der Waals surface area contributed by atoms with E-state index in [0.29, 0.717) is 50.3 Å². The Morgan fingerprint density at radius 1 is 1.02 bits per heavy atom. The summed E-state index contributed by atoms with van der Waals surface area (Å²) in [7, 11) is 0. The van der Waals surface area contributed by atoms with Gasteiger partial charge in [0.2, 0.25) is 5.91 Å². The van der Waals surface area contributed by atoms with Gasteiger partial charge in [-0.05, 0) is 57.4 Å². The molecular formula is C31H41N3O10. The summed E-state index contributed by atoms with van der Waals surface area (Å²) in [5.41, 5.74) is 0.452. The fraction of sp³-hybridized carbons (Fsp3) is 0.581. The number of Topliss-reactive ketones (excluding diaryl/α,β-unsaturated/α-hetero) is 1. The predicted octanol–water partition coefficient (Wildman–Crippen LogP) is 3.17. The molecule has 0 spiro atoms. The third-order valence-corrected chi connectivity index (χ3v) is 7.91. The molecule has 1 aromatic heterocycles. The predicted molar refractivity (Wildman–Crippen MR) is 156 cm³/mol. The number of hydrogen-bond donors (Lipinski definition) is 0. The quantitative estimate of drug-likeness (QED) is 0.242. The number of hydrogen-bond acceptors (Lipinski definition) is 11. The van der Waals surface area contributed by atoms with Crippen LogP contribution in [-0.2, 0) is 25.7 Å². The number of carbonyl (C=O) groups is 4. The van der Waals surface area contributed by atoms with Crippen molar-refractivity contribution in [2.45, 2.75) is 71.6 Å². The highest BCUT2D eigenvalue weighted by Crippen LogP contribution is 2.21. The molecule has 1 aromatic carbocycles. The standard InChI is InChI=1S/C31H41N3O10/c1-4-5-6-21(2)42-29(37)20-40-25-9-7-23(8-10-25)26(35)17-34-16-15-33(18-28(34)36)24-11-13-32(14-12-24)30(38)41-19-27-22(3)43-31(39)44-27/h7-10,21,24H,4-6,11-20H2,1-3H3. The summed E-state index contributed by atoms with van der Waals surface area (Å²) >= 11 is 0. The second kappa shape index (κ2) is 15.6. The van der Waals surface area contributed by atoms with E-state index >= 15 is 0 Å². The second-order valence-corrected chi connectivity index (χ2v) is 11.2. The van der Waals surface area contributed by atoms with Crippen LogP contribution >= 0.6 is 0 Å². The molecule has 2 aliphatic rings. The Kier molecular flexibility index (Phi) is 11.6. The Bertz CT molecular complexity index is 1340. The van der Waals surface area contributed by atoms with Gasteiger partial charge in [0.15, 0.2) is 30.5 Å². The lowest BCUT2D eigenvalue weighted by Gasteiger charge is -2.41. The summed E-state index contributed by atoms with van der Waals surface area (Å²) in [4.78, 5) is 66.7. The van der Waals surface area contributed by atoms with E-state index in [0.717, 1.165) is 19.3 Å². The van der Waals surface area contributed by atoms with Gasteiger partial charge in [-0.2, -0.15) is 0 Å². The molecule has 13 heteroatoms. The van der Waals surface area contributed by atoms with Gasteiger partial charge in [-0.25, -0.2) is 14.4 Å². The maximum absolute atomic E-state index is 12.9. The van der Waals surface area contributed by atoms with Crippen molar-refractivity contribution in [2.24, 2.45) is 0 Å². The summed E-state index contributed by atoms with van der Waals surface area (Å²) in [6.45, 7) is 7.32. The van der Waals surface area contributed by atoms with Gasteiger partial charge in [-0.15, -0.1) is 0 Å². The number of amides is 2. The molecule has 4 rings (SSSR count). The molecule has 0 aliphatic carbocycles. The van der Waals surface area contributed by atoms with E-state index in [1.807, 2.05) is 6.92 Å². The first-order chi connectivity index (χ1) is 21.1. The van der Waals surface area contributed by atoms with E-state index < -0.39 is 17.9 Å². The Morgan fingerprint density at radius 2 is 1.75 bits per heavy atom. The van der Waals surface area contributed by atoms with Gasteiger partial charge in [0, 0.05) is 37.8 Å². The Balaban J connectivity index is 1.16. The fourth-order valence-corrected chi connectivity index (χ4v) is 5.30. The monoisotopic (exact) mass is 615 g/mol. The summed E-state index contributed by atoms with van der Waals surface area (Å²) in [6.07, 6.45) is 3.55. The Morgan fingerprint density at radius 3 is 2.39 bits per heavy atom. The van der Waals surface area contributed by atoms with Crippen molar-refractivity contribution in [2.75, 3.05) is 45.9 Å². The number of piperazine rings is 1. The molecule has 0 saturated carbocycles. The number of piperidine rings is 1. The van der Waals surface area contributed by atoms with Crippen LogP contribution in [0.25, 0.3) is 0 Å². The van der Waals surface area contributed by atoms with Crippen LogP contribution in [0.1, 0.15) is 67.8 Å². The van der Waals surface area contributed by atoms with E-state index in [-0.39, 0.29) is 61.7 Å². The molecule has 0 radical (unpaired) electrons. The van der Waals surface area contributed by atoms with E-state index in [2.05, 4.69) is 11.8 Å². The van der Waals surface area contributed by atoms with Crippen LogP contribution in [0.5, 0.6) is 5.75 Å². The SMILES string of the molecule is CCCCC(C)OC(=O)COc1ccc(C(=O)CN2CCN(C3CCN(C(=O)OCc4oc(=O)oc4C)CC3)CC2=O)cc1. The number of rotatable bonds is 13. The molecule has 0 N–H and O–H groups in total. The highest BCUT2D eigenvalue weighted by molar-refractivity contribution is 5.99. The molecule has 2 aromatic rings. The normalized spacial score (nSPS) is 16.9. The molecule has 44 heavy (non-hydrogen) atoms. The minimum atomic E-state index is -0.836. The molecule has 2 fully saturated rings. The zero-order chi connectivity index (χ0) is 31.6. The van der Waals surface area contributed by atoms with Crippen LogP contribution in [0.4, 0.5) is 4.79 Å². The number of likely N-dealkylation sites (tertiary alicyclic amines) is 1. The van der Waals surface area contributed by atoms with E-state index in [1.54, 1.807) is 41.0 Å². The topological polar surface area (TPSA) is 149 Å². The van der Waals surface area contributed by atoms with Crippen LogP contribution in [0.3, 0.4) is 0 Å². The molecular weight excluding hydrogens is 574 g/mol. The van der Waals surface area contributed by atoms with E-state index in [4.69, 9.17) is 23.0 Å². The smallest absolute Gasteiger partial charge is 0.482 e. The van der Waals surface area contributed by atoms with Crippen LogP contribution < -0.4 is 10.6 Å². The van der Waals surface area contributed by atoms with Gasteiger partial charge >= 0.3 is 17.9 Å². The summed E-state index contributed by atoms with van der Waals surface area (Å²) in [5, 5.41) is 0. The first kappa shape index (κ1) is 32.8. The molecule has 2 amide bonds. The minimum absolute atomic E-state index is 0.0185. The minimum Gasteiger partial charge on any atom is -0.482 e. The Hall–Kier alpha value is -4.13. The number of carbonyl (C=O) groups excluding carboxylic acids is 4. The molecule has 2 saturated heterocycles. The zero-order valence-corrected chi connectivity index (χ0v) is 25.6. The van der Waals surface area contributed by atoms with Crippen molar-refractivity contribution in [1.82, 2.24) is 14.7 Å². The molecule has 0 bridgehead atoms. The maximum Gasteiger partial charge on any atom is 0.519 e. The molecule has 2 aliphatic heterocycles. The largest absolute Gasteiger partial charge is 0.519 e.